The molecule has 1 heterocycles. The molecule has 0 saturated carbocycles. The molecule has 1 rings (SSSR count). The number of carbonyl (C=O) groups excluding carboxylic acids is 1. The molecule has 0 aliphatic carbocycles. The van der Waals surface area contributed by atoms with Gasteiger partial charge in [-0.05, 0) is 20.1 Å². The van der Waals surface area contributed by atoms with Crippen LogP contribution in [0.15, 0.2) is 5.51 Å². The Kier molecular flexibility index (Phi) is 4.76. The van der Waals surface area contributed by atoms with E-state index in [1.807, 2.05) is 6.26 Å². The molecule has 1 atom stereocenters. The molecule has 90 valence electrons. The maximum Gasteiger partial charge on any atom is 0.263 e. The number of rotatable bonds is 5. The number of thioether (sulfide) groups is 1. The monoisotopic (exact) mass is 260 g/mol. The number of amides is 1. The van der Waals surface area contributed by atoms with Crippen molar-refractivity contribution in [2.24, 2.45) is 0 Å². The van der Waals surface area contributed by atoms with Crippen molar-refractivity contribution in [1.29, 1.82) is 0 Å². The molecule has 2 N–H and O–H groups in total. The summed E-state index contributed by atoms with van der Waals surface area (Å²) >= 11 is 2.86. The molecule has 0 aliphatic heterocycles. The number of hydrogen-bond acceptors (Lipinski definition) is 5. The van der Waals surface area contributed by atoms with Crippen LogP contribution >= 0.6 is 23.1 Å². The number of aromatic nitrogens is 1. The molecule has 1 aromatic heterocycles. The van der Waals surface area contributed by atoms with Crippen LogP contribution < -0.4 is 5.32 Å². The summed E-state index contributed by atoms with van der Waals surface area (Å²) in [7, 11) is 0. The van der Waals surface area contributed by atoms with Gasteiger partial charge in [0, 0.05) is 12.3 Å². The highest BCUT2D eigenvalue weighted by atomic mass is 32.2. The topological polar surface area (TPSA) is 62.2 Å². The summed E-state index contributed by atoms with van der Waals surface area (Å²) in [4.78, 5) is 16.3. The second kappa shape index (κ2) is 5.65. The van der Waals surface area contributed by atoms with Crippen LogP contribution in [0.25, 0.3) is 0 Å². The van der Waals surface area contributed by atoms with E-state index in [0.29, 0.717) is 10.6 Å². The molecule has 0 bridgehead atoms. The summed E-state index contributed by atoms with van der Waals surface area (Å²) in [5, 5.41) is 12.6. The molecule has 6 heteroatoms. The van der Waals surface area contributed by atoms with Gasteiger partial charge in [-0.3, -0.25) is 4.79 Å². The molecule has 0 aliphatic rings. The first kappa shape index (κ1) is 13.5. The summed E-state index contributed by atoms with van der Waals surface area (Å²) in [5.74, 6) is 0.427. The van der Waals surface area contributed by atoms with E-state index in [4.69, 9.17) is 0 Å². The first-order chi connectivity index (χ1) is 7.46. The Morgan fingerprint density at radius 2 is 2.44 bits per heavy atom. The molecule has 4 nitrogen and oxygen atoms in total. The quantitative estimate of drug-likeness (QED) is 0.837. The van der Waals surface area contributed by atoms with Gasteiger partial charge in [0.25, 0.3) is 5.91 Å². The highest BCUT2D eigenvalue weighted by Crippen LogP contribution is 2.13. The van der Waals surface area contributed by atoms with Crippen LogP contribution in [0.2, 0.25) is 0 Å². The van der Waals surface area contributed by atoms with Gasteiger partial charge >= 0.3 is 0 Å². The van der Waals surface area contributed by atoms with Crippen molar-refractivity contribution in [2.75, 3.05) is 18.6 Å². The predicted octanol–water partition coefficient (Wildman–Crippen LogP) is 1.30. The number of hydrogen-bond donors (Lipinski definition) is 2. The fraction of sp³-hybridized carbons (Fsp3) is 0.600. The normalized spacial score (nSPS) is 14.5. The zero-order valence-corrected chi connectivity index (χ0v) is 11.2. The maximum absolute atomic E-state index is 11.7. The van der Waals surface area contributed by atoms with Crippen LogP contribution in [-0.4, -0.2) is 40.2 Å². The van der Waals surface area contributed by atoms with Gasteiger partial charge in [-0.25, -0.2) is 4.98 Å². The minimum Gasteiger partial charge on any atom is -0.387 e. The van der Waals surface area contributed by atoms with Crippen LogP contribution in [0.3, 0.4) is 0 Å². The van der Waals surface area contributed by atoms with E-state index in [-0.39, 0.29) is 12.5 Å². The van der Waals surface area contributed by atoms with Crippen molar-refractivity contribution in [3.8, 4) is 0 Å². The third kappa shape index (κ3) is 3.77. The third-order valence-electron chi connectivity index (χ3n) is 2.04. The van der Waals surface area contributed by atoms with E-state index in [9.17, 15) is 9.90 Å². The molecule has 0 radical (unpaired) electrons. The summed E-state index contributed by atoms with van der Waals surface area (Å²) in [6.45, 7) is 3.76. The number of thiazole rings is 1. The zero-order valence-electron chi connectivity index (χ0n) is 9.61. The van der Waals surface area contributed by atoms with Gasteiger partial charge in [0.15, 0.2) is 0 Å². The summed E-state index contributed by atoms with van der Waals surface area (Å²) in [6.07, 6.45) is 1.92. The van der Waals surface area contributed by atoms with Gasteiger partial charge in [-0.1, -0.05) is 0 Å². The van der Waals surface area contributed by atoms with Gasteiger partial charge in [0.1, 0.15) is 4.88 Å². The van der Waals surface area contributed by atoms with Crippen LogP contribution in [0.4, 0.5) is 0 Å². The molecule has 1 unspecified atom stereocenters. The van der Waals surface area contributed by atoms with Gasteiger partial charge in [-0.2, -0.15) is 11.8 Å². The maximum atomic E-state index is 11.7. The minimum absolute atomic E-state index is 0.165. The van der Waals surface area contributed by atoms with Crippen LogP contribution in [0.5, 0.6) is 0 Å². The smallest absolute Gasteiger partial charge is 0.263 e. The fourth-order valence-electron chi connectivity index (χ4n) is 1.23. The standard InChI is InChI=1S/C10H16N2O2S2/c1-7-8(16-6-12-7)9(13)11-4-10(2,14)5-15-3/h6,14H,4-5H2,1-3H3,(H,11,13). The fourth-order valence-corrected chi connectivity index (χ4v) is 2.68. The van der Waals surface area contributed by atoms with Crippen molar-refractivity contribution in [3.63, 3.8) is 0 Å². The molecule has 0 fully saturated rings. The Morgan fingerprint density at radius 3 is 2.94 bits per heavy atom. The number of aryl methyl sites for hydroxylation is 1. The van der Waals surface area contributed by atoms with Gasteiger partial charge in [0.2, 0.25) is 0 Å². The average molecular weight is 260 g/mol. The Morgan fingerprint density at radius 1 is 1.75 bits per heavy atom. The summed E-state index contributed by atoms with van der Waals surface area (Å²) in [6, 6.07) is 0. The molecule has 0 spiro atoms. The van der Waals surface area contributed by atoms with Gasteiger partial charge in [0.05, 0.1) is 16.8 Å². The van der Waals surface area contributed by atoms with Crippen molar-refractivity contribution in [3.05, 3.63) is 16.1 Å². The predicted molar refractivity (Wildman–Crippen MR) is 68.2 cm³/mol. The molecule has 16 heavy (non-hydrogen) atoms. The van der Waals surface area contributed by atoms with E-state index in [2.05, 4.69) is 10.3 Å². The highest BCUT2D eigenvalue weighted by molar-refractivity contribution is 7.98. The van der Waals surface area contributed by atoms with Crippen molar-refractivity contribution >= 4 is 29.0 Å². The van der Waals surface area contributed by atoms with Crippen molar-refractivity contribution in [1.82, 2.24) is 10.3 Å². The van der Waals surface area contributed by atoms with Gasteiger partial charge in [-0.15, -0.1) is 11.3 Å². The first-order valence-electron chi connectivity index (χ1n) is 4.86. The lowest BCUT2D eigenvalue weighted by Gasteiger charge is -2.22. The minimum atomic E-state index is -0.867. The third-order valence-corrected chi connectivity index (χ3v) is 3.87. The van der Waals surface area contributed by atoms with Crippen LogP contribution in [0, 0.1) is 6.92 Å². The Hall–Kier alpha value is -0.590. The summed E-state index contributed by atoms with van der Waals surface area (Å²) < 4.78 is 0. The number of nitrogens with zero attached hydrogens (tertiary/aromatic N) is 1. The second-order valence-electron chi connectivity index (χ2n) is 3.88. The van der Waals surface area contributed by atoms with E-state index >= 15 is 0 Å². The molecule has 1 aromatic rings. The second-order valence-corrected chi connectivity index (χ2v) is 5.60. The SMILES string of the molecule is CSCC(C)(O)CNC(=O)c1scnc1C. The highest BCUT2D eigenvalue weighted by Gasteiger charge is 2.21. The average Bonchev–Trinajstić information content (AvgIpc) is 2.61. The Labute approximate surface area is 103 Å². The molecule has 1 amide bonds. The number of nitrogens with one attached hydrogen (secondary N) is 1. The van der Waals surface area contributed by atoms with E-state index < -0.39 is 5.60 Å². The molecular weight excluding hydrogens is 244 g/mol. The van der Waals surface area contributed by atoms with Gasteiger partial charge < -0.3 is 10.4 Å². The molecule has 0 aromatic carbocycles. The van der Waals surface area contributed by atoms with E-state index in [0.717, 1.165) is 5.69 Å². The first-order valence-corrected chi connectivity index (χ1v) is 7.13. The summed E-state index contributed by atoms with van der Waals surface area (Å²) in [5.41, 5.74) is 1.50. The molecular formula is C10H16N2O2S2. The largest absolute Gasteiger partial charge is 0.387 e. The number of carbonyl (C=O) groups is 1. The van der Waals surface area contributed by atoms with Crippen molar-refractivity contribution < 1.29 is 9.90 Å². The Balaban J connectivity index is 2.51. The Bertz CT molecular complexity index is 363. The van der Waals surface area contributed by atoms with E-state index in [1.54, 1.807) is 31.1 Å². The molecule has 0 saturated heterocycles. The van der Waals surface area contributed by atoms with Crippen molar-refractivity contribution in [2.45, 2.75) is 19.4 Å². The zero-order chi connectivity index (χ0) is 12.2. The number of aliphatic hydroxyl groups is 1. The lowest BCUT2D eigenvalue weighted by Crippen LogP contribution is -2.42. The van der Waals surface area contributed by atoms with Crippen LogP contribution in [0.1, 0.15) is 22.3 Å². The van der Waals surface area contributed by atoms with E-state index in [1.165, 1.54) is 11.3 Å². The lowest BCUT2D eigenvalue weighted by atomic mass is 10.1. The lowest BCUT2D eigenvalue weighted by molar-refractivity contribution is 0.0727. The van der Waals surface area contributed by atoms with Crippen LogP contribution in [-0.2, 0) is 0 Å².